The number of aromatic nitrogens is 2. The van der Waals surface area contributed by atoms with Gasteiger partial charge < -0.3 is 10.1 Å². The van der Waals surface area contributed by atoms with Crippen LogP contribution in [0.1, 0.15) is 10.6 Å². The highest BCUT2D eigenvalue weighted by atomic mass is 32.1. The van der Waals surface area contributed by atoms with Crippen molar-refractivity contribution in [1.29, 1.82) is 5.26 Å². The number of rotatable bonds is 7. The van der Waals surface area contributed by atoms with Crippen molar-refractivity contribution in [3.8, 4) is 16.6 Å². The Kier molecular flexibility index (Phi) is 5.62. The summed E-state index contributed by atoms with van der Waals surface area (Å²) < 4.78 is 4.96. The first-order chi connectivity index (χ1) is 9.83. The zero-order chi connectivity index (χ0) is 14.2. The zero-order valence-electron chi connectivity index (χ0n) is 11.3. The van der Waals surface area contributed by atoms with Crippen LogP contribution in [0.25, 0.3) is 10.6 Å². The molecule has 5 nitrogen and oxygen atoms in total. The van der Waals surface area contributed by atoms with E-state index in [1.165, 1.54) is 0 Å². The molecule has 0 saturated carbocycles. The number of hydrogen-bond acceptors (Lipinski definition) is 6. The Labute approximate surface area is 122 Å². The predicted molar refractivity (Wildman–Crippen MR) is 78.5 cm³/mol. The first-order valence-electron chi connectivity index (χ1n) is 6.36. The van der Waals surface area contributed by atoms with E-state index in [0.29, 0.717) is 12.2 Å². The molecule has 1 N–H and O–H groups in total. The van der Waals surface area contributed by atoms with Gasteiger partial charge in [0.05, 0.1) is 18.2 Å². The zero-order valence-corrected chi connectivity index (χ0v) is 12.1. The summed E-state index contributed by atoms with van der Waals surface area (Å²) in [6, 6.07) is 9.50. The fraction of sp³-hybridized carbons (Fsp3) is 0.357. The number of ether oxygens (including phenoxy) is 1. The van der Waals surface area contributed by atoms with Crippen molar-refractivity contribution < 1.29 is 4.74 Å². The van der Waals surface area contributed by atoms with Crippen molar-refractivity contribution in [3.63, 3.8) is 0 Å². The van der Waals surface area contributed by atoms with E-state index in [-0.39, 0.29) is 0 Å². The van der Waals surface area contributed by atoms with Gasteiger partial charge in [-0.1, -0.05) is 23.5 Å². The van der Waals surface area contributed by atoms with Crippen molar-refractivity contribution in [2.45, 2.75) is 6.42 Å². The molecule has 0 aliphatic rings. The highest BCUT2D eigenvalue weighted by Gasteiger charge is 2.06. The van der Waals surface area contributed by atoms with Gasteiger partial charge in [-0.15, -0.1) is 10.2 Å². The maximum Gasteiger partial charge on any atom is 0.147 e. The molecule has 0 aliphatic carbocycles. The van der Waals surface area contributed by atoms with Gasteiger partial charge in [0, 0.05) is 32.2 Å². The number of hydrogen-bond donors (Lipinski definition) is 1. The number of nitrogens with one attached hydrogen (secondary N) is 1. The fourth-order valence-electron chi connectivity index (χ4n) is 1.65. The largest absolute Gasteiger partial charge is 0.383 e. The lowest BCUT2D eigenvalue weighted by Crippen LogP contribution is -2.21. The minimum Gasteiger partial charge on any atom is -0.383 e. The number of methoxy groups -OCH3 is 1. The van der Waals surface area contributed by atoms with Gasteiger partial charge in [-0.2, -0.15) is 5.26 Å². The minimum atomic E-state index is 0.654. The molecule has 0 radical (unpaired) electrons. The third-order valence-corrected chi connectivity index (χ3v) is 3.76. The smallest absolute Gasteiger partial charge is 0.147 e. The molecule has 0 bridgehead atoms. The van der Waals surface area contributed by atoms with Crippen molar-refractivity contribution in [1.82, 2.24) is 15.5 Å². The molecule has 1 heterocycles. The van der Waals surface area contributed by atoms with Crippen LogP contribution in [-0.2, 0) is 11.2 Å². The van der Waals surface area contributed by atoms with Crippen molar-refractivity contribution in [2.75, 3.05) is 26.8 Å². The minimum absolute atomic E-state index is 0.654. The van der Waals surface area contributed by atoms with Crippen LogP contribution >= 0.6 is 11.3 Å². The molecule has 2 rings (SSSR count). The highest BCUT2D eigenvalue weighted by Crippen LogP contribution is 2.23. The van der Waals surface area contributed by atoms with Crippen LogP contribution < -0.4 is 5.32 Å². The standard InChI is InChI=1S/C14H16N4OS/c1-19-9-8-16-7-6-13-17-18-14(20-13)12-4-2-11(10-15)3-5-12/h2-5,16H,6-9H2,1H3. The van der Waals surface area contributed by atoms with Crippen molar-refractivity contribution >= 4 is 11.3 Å². The summed E-state index contributed by atoms with van der Waals surface area (Å²) in [6.45, 7) is 2.43. The van der Waals surface area contributed by atoms with Gasteiger partial charge in [0.15, 0.2) is 0 Å². The third-order valence-electron chi connectivity index (χ3n) is 2.73. The lowest BCUT2D eigenvalue weighted by molar-refractivity contribution is 0.199. The second-order valence-electron chi connectivity index (χ2n) is 4.18. The Morgan fingerprint density at radius 3 is 2.75 bits per heavy atom. The topological polar surface area (TPSA) is 70.8 Å². The summed E-state index contributed by atoms with van der Waals surface area (Å²) in [5.41, 5.74) is 1.65. The molecule has 0 aliphatic heterocycles. The van der Waals surface area contributed by atoms with Gasteiger partial charge in [0.25, 0.3) is 0 Å². The monoisotopic (exact) mass is 288 g/mol. The summed E-state index contributed by atoms with van der Waals surface area (Å²) in [7, 11) is 1.69. The first-order valence-corrected chi connectivity index (χ1v) is 7.17. The molecule has 0 saturated heterocycles. The Hall–Kier alpha value is -1.81. The van der Waals surface area contributed by atoms with E-state index >= 15 is 0 Å². The van der Waals surface area contributed by atoms with E-state index < -0.39 is 0 Å². The van der Waals surface area contributed by atoms with Crippen LogP contribution in [0, 0.1) is 11.3 Å². The van der Waals surface area contributed by atoms with Crippen molar-refractivity contribution in [2.24, 2.45) is 0 Å². The van der Waals surface area contributed by atoms with E-state index in [2.05, 4.69) is 21.6 Å². The molecule has 0 atom stereocenters. The maximum absolute atomic E-state index is 8.77. The summed E-state index contributed by atoms with van der Waals surface area (Å²) in [4.78, 5) is 0. The molecular weight excluding hydrogens is 272 g/mol. The van der Waals surface area contributed by atoms with E-state index in [4.69, 9.17) is 10.00 Å². The first kappa shape index (κ1) is 14.6. The summed E-state index contributed by atoms with van der Waals surface area (Å²) in [5, 5.41) is 22.3. The average Bonchev–Trinajstić information content (AvgIpc) is 2.96. The van der Waals surface area contributed by atoms with Crippen LogP contribution in [0.3, 0.4) is 0 Å². The Morgan fingerprint density at radius 1 is 1.25 bits per heavy atom. The fourth-order valence-corrected chi connectivity index (χ4v) is 2.50. The summed E-state index contributed by atoms with van der Waals surface area (Å²) >= 11 is 1.59. The van der Waals surface area contributed by atoms with E-state index in [1.807, 2.05) is 12.1 Å². The Balaban J connectivity index is 1.89. The Morgan fingerprint density at radius 2 is 2.05 bits per heavy atom. The van der Waals surface area contributed by atoms with Gasteiger partial charge in [0.2, 0.25) is 0 Å². The molecule has 1 aromatic carbocycles. The highest BCUT2D eigenvalue weighted by molar-refractivity contribution is 7.14. The quantitative estimate of drug-likeness (QED) is 0.787. The second-order valence-corrected chi connectivity index (χ2v) is 5.24. The molecule has 0 unspecified atom stereocenters. The van der Waals surface area contributed by atoms with Crippen LogP contribution in [0.5, 0.6) is 0 Å². The SMILES string of the molecule is COCCNCCc1nnc(-c2ccc(C#N)cc2)s1. The van der Waals surface area contributed by atoms with Gasteiger partial charge in [-0.3, -0.25) is 0 Å². The molecule has 0 fully saturated rings. The maximum atomic E-state index is 8.77. The van der Waals surface area contributed by atoms with Crippen LogP contribution in [0.4, 0.5) is 0 Å². The lowest BCUT2D eigenvalue weighted by Gasteiger charge is -2.00. The van der Waals surface area contributed by atoms with E-state index in [9.17, 15) is 0 Å². The number of nitrogens with zero attached hydrogens (tertiary/aromatic N) is 3. The number of benzene rings is 1. The molecule has 20 heavy (non-hydrogen) atoms. The molecule has 0 amide bonds. The lowest BCUT2D eigenvalue weighted by atomic mass is 10.2. The summed E-state index contributed by atoms with van der Waals surface area (Å²) in [5.74, 6) is 0. The van der Waals surface area contributed by atoms with Gasteiger partial charge >= 0.3 is 0 Å². The normalized spacial score (nSPS) is 10.4. The van der Waals surface area contributed by atoms with Crippen LogP contribution in [-0.4, -0.2) is 37.0 Å². The van der Waals surface area contributed by atoms with E-state index in [0.717, 1.165) is 35.1 Å². The molecule has 1 aromatic heterocycles. The molecule has 104 valence electrons. The van der Waals surface area contributed by atoms with Crippen LogP contribution in [0.15, 0.2) is 24.3 Å². The van der Waals surface area contributed by atoms with Gasteiger partial charge in [-0.05, 0) is 12.1 Å². The molecule has 0 spiro atoms. The third kappa shape index (κ3) is 4.10. The molecule has 6 heteroatoms. The average molecular weight is 288 g/mol. The molecular formula is C14H16N4OS. The predicted octanol–water partition coefficient (Wildman–Crippen LogP) is 1.86. The van der Waals surface area contributed by atoms with E-state index in [1.54, 1.807) is 30.6 Å². The Bertz CT molecular complexity index is 574. The molecule has 2 aromatic rings. The van der Waals surface area contributed by atoms with Crippen molar-refractivity contribution in [3.05, 3.63) is 34.8 Å². The van der Waals surface area contributed by atoms with Crippen LogP contribution in [0.2, 0.25) is 0 Å². The van der Waals surface area contributed by atoms with Gasteiger partial charge in [0.1, 0.15) is 10.0 Å². The van der Waals surface area contributed by atoms with Gasteiger partial charge in [-0.25, -0.2) is 0 Å². The number of nitriles is 1. The summed E-state index contributed by atoms with van der Waals surface area (Å²) in [6.07, 6.45) is 0.859. The second kappa shape index (κ2) is 7.70.